The van der Waals surface area contributed by atoms with Crippen LogP contribution in [-0.2, 0) is 19.1 Å². The molecule has 1 N–H and O–H groups in total. The highest BCUT2D eigenvalue weighted by molar-refractivity contribution is 5.90. The van der Waals surface area contributed by atoms with Crippen molar-refractivity contribution in [2.75, 3.05) is 55.8 Å². The minimum absolute atomic E-state index is 0.000903. The van der Waals surface area contributed by atoms with E-state index in [1.54, 1.807) is 0 Å². The number of anilines is 2. The Bertz CT molecular complexity index is 935. The van der Waals surface area contributed by atoms with E-state index in [0.717, 1.165) is 29.9 Å². The van der Waals surface area contributed by atoms with E-state index in [2.05, 4.69) is 5.32 Å². The fraction of sp³-hybridized carbons (Fsp3) is 0.609. The highest BCUT2D eigenvalue weighted by Crippen LogP contribution is 2.32. The number of hydrogen-bond donors (Lipinski definition) is 1. The van der Waals surface area contributed by atoms with Gasteiger partial charge in [-0.2, -0.15) is 0 Å². The van der Waals surface area contributed by atoms with Crippen LogP contribution in [0.2, 0.25) is 0 Å². The summed E-state index contributed by atoms with van der Waals surface area (Å²) in [6.45, 7) is 3.25. The standard InChI is InChI=1S/C23H30F2N4O6/c1-15(30)2-3-18-14-28(23(32)35-18)17-12-19(24)21(20(25)13-17)27-6-7-29(34-11-8-27)22(31)26-16-4-9-33-10-5-16/h12-13,16,18H,2-11,14H2,1H3,(H,26,31)/t18-/m0/s1. The van der Waals surface area contributed by atoms with Crippen LogP contribution in [0.15, 0.2) is 12.1 Å². The zero-order valence-electron chi connectivity index (χ0n) is 19.6. The molecule has 1 aromatic rings. The van der Waals surface area contributed by atoms with Crippen molar-refractivity contribution in [2.24, 2.45) is 0 Å². The Hall–Kier alpha value is -2.99. The third kappa shape index (κ3) is 6.17. The van der Waals surface area contributed by atoms with Gasteiger partial charge in [-0.1, -0.05) is 0 Å². The normalized spacial score (nSPS) is 21.6. The molecule has 0 saturated carbocycles. The highest BCUT2D eigenvalue weighted by atomic mass is 19.1. The molecule has 3 fully saturated rings. The van der Waals surface area contributed by atoms with Crippen LogP contribution in [0.4, 0.5) is 29.7 Å². The van der Waals surface area contributed by atoms with Crippen LogP contribution < -0.4 is 15.1 Å². The number of nitrogens with zero attached hydrogens (tertiary/aromatic N) is 3. The third-order valence-corrected chi connectivity index (χ3v) is 6.28. The highest BCUT2D eigenvalue weighted by Gasteiger charge is 2.34. The summed E-state index contributed by atoms with van der Waals surface area (Å²) in [5, 5.41) is 4.08. The van der Waals surface area contributed by atoms with Gasteiger partial charge in [-0.05, 0) is 26.2 Å². The number of benzene rings is 1. The largest absolute Gasteiger partial charge is 0.444 e. The van der Waals surface area contributed by atoms with Crippen LogP contribution in [0.25, 0.3) is 0 Å². The monoisotopic (exact) mass is 496 g/mol. The fourth-order valence-corrected chi connectivity index (χ4v) is 4.38. The number of halogens is 2. The Morgan fingerprint density at radius 1 is 1.09 bits per heavy atom. The number of hydrogen-bond acceptors (Lipinski definition) is 7. The van der Waals surface area contributed by atoms with Crippen LogP contribution >= 0.6 is 0 Å². The van der Waals surface area contributed by atoms with E-state index in [0.29, 0.717) is 19.6 Å². The molecule has 3 heterocycles. The topological polar surface area (TPSA) is 101 Å². The number of carbonyl (C=O) groups excluding carboxylic acids is 3. The first kappa shape index (κ1) is 25.1. The number of cyclic esters (lactones) is 1. The lowest BCUT2D eigenvalue weighted by Gasteiger charge is -2.27. The first-order chi connectivity index (χ1) is 16.8. The van der Waals surface area contributed by atoms with Gasteiger partial charge in [0.2, 0.25) is 0 Å². The number of ketones is 1. The van der Waals surface area contributed by atoms with Crippen molar-refractivity contribution in [1.29, 1.82) is 0 Å². The summed E-state index contributed by atoms with van der Waals surface area (Å²) < 4.78 is 40.7. The Morgan fingerprint density at radius 3 is 2.49 bits per heavy atom. The smallest absolute Gasteiger partial charge is 0.414 e. The molecular formula is C23H30F2N4O6. The maximum atomic E-state index is 15.1. The van der Waals surface area contributed by atoms with Crippen molar-refractivity contribution in [3.63, 3.8) is 0 Å². The number of amides is 3. The molecule has 192 valence electrons. The maximum absolute atomic E-state index is 15.1. The molecule has 1 atom stereocenters. The minimum Gasteiger partial charge on any atom is -0.444 e. The van der Waals surface area contributed by atoms with Gasteiger partial charge in [-0.3, -0.25) is 9.74 Å². The van der Waals surface area contributed by atoms with Crippen LogP contribution in [0.3, 0.4) is 0 Å². The molecule has 0 aliphatic carbocycles. The zero-order chi connectivity index (χ0) is 24.9. The molecule has 10 nitrogen and oxygen atoms in total. The van der Waals surface area contributed by atoms with E-state index in [1.165, 1.54) is 16.9 Å². The summed E-state index contributed by atoms with van der Waals surface area (Å²) in [6.07, 6.45) is 0.826. The first-order valence-corrected chi connectivity index (χ1v) is 11.8. The second kappa shape index (κ2) is 11.2. The predicted octanol–water partition coefficient (Wildman–Crippen LogP) is 2.60. The summed E-state index contributed by atoms with van der Waals surface area (Å²) in [6, 6.07) is 1.80. The van der Waals surface area contributed by atoms with Crippen molar-refractivity contribution in [2.45, 2.75) is 44.8 Å². The van der Waals surface area contributed by atoms with Gasteiger partial charge in [0.05, 0.1) is 25.4 Å². The lowest BCUT2D eigenvalue weighted by molar-refractivity contribution is -0.117. The van der Waals surface area contributed by atoms with Crippen LogP contribution in [0.5, 0.6) is 0 Å². The Kier molecular flexibility index (Phi) is 8.01. The summed E-state index contributed by atoms with van der Waals surface area (Å²) in [5.74, 6) is -1.69. The van der Waals surface area contributed by atoms with Gasteiger partial charge in [0, 0.05) is 50.9 Å². The molecular weight excluding hydrogens is 466 g/mol. The van der Waals surface area contributed by atoms with E-state index in [-0.39, 0.29) is 68.4 Å². The molecule has 35 heavy (non-hydrogen) atoms. The number of hydroxylamine groups is 2. The molecule has 1 aromatic carbocycles. The quantitative estimate of drug-likeness (QED) is 0.646. The lowest BCUT2D eigenvalue weighted by Crippen LogP contribution is -2.47. The predicted molar refractivity (Wildman–Crippen MR) is 121 cm³/mol. The molecule has 0 unspecified atom stereocenters. The van der Waals surface area contributed by atoms with E-state index in [1.807, 2.05) is 0 Å². The number of urea groups is 1. The van der Waals surface area contributed by atoms with E-state index < -0.39 is 23.8 Å². The zero-order valence-corrected chi connectivity index (χ0v) is 19.6. The average molecular weight is 497 g/mol. The molecule has 3 saturated heterocycles. The SMILES string of the molecule is CC(=O)CC[C@H]1CN(c2cc(F)c(N3CCON(C(=O)NC4CCOCC4)CC3)c(F)c2)C(=O)O1. The Labute approximate surface area is 202 Å². The molecule has 0 aromatic heterocycles. The summed E-state index contributed by atoms with van der Waals surface area (Å²) in [4.78, 5) is 44.1. The number of Topliss-reactive ketones (excluding diaryl/α,β-unsaturated/α-hetero) is 1. The summed E-state index contributed by atoms with van der Waals surface area (Å²) in [5.41, 5.74) is -0.202. The van der Waals surface area contributed by atoms with Crippen molar-refractivity contribution < 1.29 is 37.5 Å². The van der Waals surface area contributed by atoms with Crippen molar-refractivity contribution in [3.8, 4) is 0 Å². The Morgan fingerprint density at radius 2 is 1.80 bits per heavy atom. The van der Waals surface area contributed by atoms with Gasteiger partial charge in [0.1, 0.15) is 17.6 Å². The van der Waals surface area contributed by atoms with Gasteiger partial charge in [0.15, 0.2) is 11.6 Å². The van der Waals surface area contributed by atoms with Crippen molar-refractivity contribution in [3.05, 3.63) is 23.8 Å². The number of carbonyl (C=O) groups is 3. The van der Waals surface area contributed by atoms with Crippen LogP contribution in [0, 0.1) is 11.6 Å². The molecule has 0 bridgehead atoms. The number of ether oxygens (including phenoxy) is 2. The van der Waals surface area contributed by atoms with Crippen molar-refractivity contribution in [1.82, 2.24) is 10.4 Å². The van der Waals surface area contributed by atoms with Crippen molar-refractivity contribution >= 4 is 29.3 Å². The molecule has 4 rings (SSSR count). The minimum atomic E-state index is -0.833. The fourth-order valence-electron chi connectivity index (χ4n) is 4.38. The molecule has 12 heteroatoms. The van der Waals surface area contributed by atoms with Crippen LogP contribution in [0.1, 0.15) is 32.6 Å². The summed E-state index contributed by atoms with van der Waals surface area (Å²) >= 11 is 0. The van der Waals surface area contributed by atoms with E-state index >= 15 is 8.78 Å². The summed E-state index contributed by atoms with van der Waals surface area (Å²) in [7, 11) is 0. The van der Waals surface area contributed by atoms with Gasteiger partial charge < -0.3 is 24.5 Å². The van der Waals surface area contributed by atoms with Gasteiger partial charge in [-0.15, -0.1) is 0 Å². The first-order valence-electron chi connectivity index (χ1n) is 11.8. The van der Waals surface area contributed by atoms with Gasteiger partial charge in [-0.25, -0.2) is 23.4 Å². The third-order valence-electron chi connectivity index (χ3n) is 6.28. The molecule has 3 amide bonds. The Balaban J connectivity index is 1.39. The molecule has 0 spiro atoms. The molecule has 3 aliphatic heterocycles. The second-order valence-corrected chi connectivity index (χ2v) is 8.87. The molecule has 3 aliphatic rings. The maximum Gasteiger partial charge on any atom is 0.414 e. The van der Waals surface area contributed by atoms with Gasteiger partial charge >= 0.3 is 12.1 Å². The average Bonchev–Trinajstić information content (AvgIpc) is 3.02. The lowest BCUT2D eigenvalue weighted by atomic mass is 10.1. The van der Waals surface area contributed by atoms with Crippen LogP contribution in [-0.4, -0.2) is 81.1 Å². The second-order valence-electron chi connectivity index (χ2n) is 8.87. The number of rotatable bonds is 6. The van der Waals surface area contributed by atoms with E-state index in [4.69, 9.17) is 14.3 Å². The van der Waals surface area contributed by atoms with E-state index in [9.17, 15) is 14.4 Å². The van der Waals surface area contributed by atoms with Gasteiger partial charge in [0.25, 0.3) is 0 Å². The molecule has 0 radical (unpaired) electrons. The number of nitrogens with one attached hydrogen (secondary N) is 1.